The van der Waals surface area contributed by atoms with Gasteiger partial charge in [0.1, 0.15) is 16.8 Å². The summed E-state index contributed by atoms with van der Waals surface area (Å²) < 4.78 is 41.2. The van der Waals surface area contributed by atoms with Crippen molar-refractivity contribution in [3.05, 3.63) is 66.0 Å². The maximum absolute atomic E-state index is 14.7. The molecule has 10 heteroatoms. The minimum Gasteiger partial charge on any atom is -0.494 e. The summed E-state index contributed by atoms with van der Waals surface area (Å²) in [7, 11) is 1.38. The number of halogens is 1. The van der Waals surface area contributed by atoms with Crippen LogP contribution >= 0.6 is 11.7 Å². The summed E-state index contributed by atoms with van der Waals surface area (Å²) in [6.45, 7) is 2.83. The van der Waals surface area contributed by atoms with Crippen LogP contribution in [0.25, 0.3) is 33.1 Å². The van der Waals surface area contributed by atoms with Crippen LogP contribution in [0.5, 0.6) is 17.4 Å². The number of nitrogens with zero attached hydrogens (tertiary/aromatic N) is 3. The first-order chi connectivity index (χ1) is 17.5. The maximum Gasteiger partial charge on any atom is 0.512 e. The molecule has 0 saturated heterocycles. The van der Waals surface area contributed by atoms with Crippen LogP contribution in [0, 0.1) is 5.82 Å². The van der Waals surface area contributed by atoms with Crippen molar-refractivity contribution in [3.8, 4) is 28.5 Å². The van der Waals surface area contributed by atoms with Crippen molar-refractivity contribution in [3.63, 3.8) is 0 Å². The van der Waals surface area contributed by atoms with Gasteiger partial charge in [-0.25, -0.2) is 9.18 Å². The average molecular weight is 508 g/mol. The van der Waals surface area contributed by atoms with Crippen LogP contribution in [0.2, 0.25) is 0 Å². The van der Waals surface area contributed by atoms with Crippen molar-refractivity contribution in [1.82, 2.24) is 13.3 Å². The summed E-state index contributed by atoms with van der Waals surface area (Å²) in [5.41, 5.74) is 4.00. The van der Waals surface area contributed by atoms with Gasteiger partial charge in [0.05, 0.1) is 43.1 Å². The molecule has 0 bridgehead atoms. The molecular weight excluding hydrogens is 485 g/mol. The average Bonchev–Trinajstić information content (AvgIpc) is 3.44. The standard InChI is InChI=1S/C26H22FN3O5S/c1-3-10-34-17-6-8-22-18(13-17)24(16-5-9-23(33-2)19(27)12-16)25(35-26(31)32)30(22)14-15-4-7-20-21(11-15)29-36-28-20/h4-9,11-13H,3,10,14H2,1-2H3,(H,31,32). The van der Waals surface area contributed by atoms with Gasteiger partial charge in [0, 0.05) is 5.39 Å². The van der Waals surface area contributed by atoms with Crippen molar-refractivity contribution < 1.29 is 28.5 Å². The number of fused-ring (bicyclic) bond motifs is 2. The van der Waals surface area contributed by atoms with Crippen LogP contribution in [0.15, 0.2) is 54.6 Å². The summed E-state index contributed by atoms with van der Waals surface area (Å²) in [5.74, 6) is 0.206. The normalized spacial score (nSPS) is 11.2. The Morgan fingerprint density at radius 2 is 1.92 bits per heavy atom. The zero-order valence-corrected chi connectivity index (χ0v) is 20.3. The molecule has 0 aliphatic carbocycles. The maximum atomic E-state index is 14.7. The predicted octanol–water partition coefficient (Wildman–Crippen LogP) is 6.35. The van der Waals surface area contributed by atoms with E-state index < -0.39 is 12.0 Å². The molecule has 2 heterocycles. The van der Waals surface area contributed by atoms with Gasteiger partial charge >= 0.3 is 6.16 Å². The predicted molar refractivity (Wildman–Crippen MR) is 135 cm³/mol. The summed E-state index contributed by atoms with van der Waals surface area (Å²) in [6.07, 6.45) is -0.646. The lowest BCUT2D eigenvalue weighted by Gasteiger charge is -2.11. The Labute approximate surface area is 209 Å². The second kappa shape index (κ2) is 9.82. The second-order valence-corrected chi connectivity index (χ2v) is 8.63. The molecule has 36 heavy (non-hydrogen) atoms. The number of benzene rings is 3. The second-order valence-electron chi connectivity index (χ2n) is 8.10. The molecule has 0 aliphatic rings. The van der Waals surface area contributed by atoms with Crippen molar-refractivity contribution in [2.24, 2.45) is 0 Å². The summed E-state index contributed by atoms with van der Waals surface area (Å²) >= 11 is 1.13. The van der Waals surface area contributed by atoms with Gasteiger partial charge in [0.2, 0.25) is 5.88 Å². The fourth-order valence-corrected chi connectivity index (χ4v) is 4.69. The lowest BCUT2D eigenvalue weighted by atomic mass is 10.0. The van der Waals surface area contributed by atoms with Gasteiger partial charge < -0.3 is 23.9 Å². The van der Waals surface area contributed by atoms with Crippen LogP contribution in [-0.2, 0) is 6.54 Å². The third-order valence-electron chi connectivity index (χ3n) is 5.74. The quantitative estimate of drug-likeness (QED) is 0.244. The van der Waals surface area contributed by atoms with Gasteiger partial charge in [-0.15, -0.1) is 0 Å². The van der Waals surface area contributed by atoms with Crippen LogP contribution in [0.3, 0.4) is 0 Å². The van der Waals surface area contributed by atoms with Crippen molar-refractivity contribution in [1.29, 1.82) is 0 Å². The topological polar surface area (TPSA) is 95.7 Å². The van der Waals surface area contributed by atoms with E-state index in [0.717, 1.165) is 34.7 Å². The summed E-state index contributed by atoms with van der Waals surface area (Å²) in [5, 5.41) is 10.3. The monoisotopic (exact) mass is 507 g/mol. The smallest absolute Gasteiger partial charge is 0.494 e. The number of methoxy groups -OCH3 is 1. The summed E-state index contributed by atoms with van der Waals surface area (Å²) in [4.78, 5) is 11.8. The molecule has 5 aromatic rings. The highest BCUT2D eigenvalue weighted by atomic mass is 32.1. The molecule has 0 unspecified atom stereocenters. The Bertz CT molecular complexity index is 1580. The van der Waals surface area contributed by atoms with E-state index in [1.807, 2.05) is 43.3 Å². The Morgan fingerprint density at radius 3 is 2.67 bits per heavy atom. The molecule has 0 radical (unpaired) electrons. The highest BCUT2D eigenvalue weighted by Gasteiger charge is 2.24. The zero-order chi connectivity index (χ0) is 25.2. The molecule has 0 fully saturated rings. The van der Waals surface area contributed by atoms with Crippen LogP contribution < -0.4 is 14.2 Å². The number of rotatable bonds is 8. The van der Waals surface area contributed by atoms with E-state index in [-0.39, 0.29) is 11.6 Å². The van der Waals surface area contributed by atoms with Crippen LogP contribution in [0.4, 0.5) is 9.18 Å². The van der Waals surface area contributed by atoms with E-state index >= 15 is 0 Å². The number of hydrogen-bond acceptors (Lipinski definition) is 7. The van der Waals surface area contributed by atoms with Gasteiger partial charge in [0.25, 0.3) is 0 Å². The fourth-order valence-electron chi connectivity index (χ4n) is 4.18. The zero-order valence-electron chi connectivity index (χ0n) is 19.5. The SMILES string of the molecule is CCCOc1ccc2c(c1)c(-c1ccc(OC)c(F)c1)c(OC(=O)O)n2Cc1ccc2nsnc2c1. The van der Waals surface area contributed by atoms with Gasteiger partial charge in [-0.05, 0) is 60.0 Å². The molecule has 1 N–H and O–H groups in total. The molecule has 184 valence electrons. The van der Waals surface area contributed by atoms with E-state index in [9.17, 15) is 14.3 Å². The molecule has 3 aromatic carbocycles. The Hall–Kier alpha value is -4.18. The third kappa shape index (κ3) is 4.42. The number of carbonyl (C=O) groups is 1. The lowest BCUT2D eigenvalue weighted by molar-refractivity contribution is 0.141. The largest absolute Gasteiger partial charge is 0.512 e. The molecule has 0 aliphatic heterocycles. The van der Waals surface area contributed by atoms with E-state index in [4.69, 9.17) is 14.2 Å². The summed E-state index contributed by atoms with van der Waals surface area (Å²) in [6, 6.07) is 15.6. The minimum absolute atomic E-state index is 0.0752. The van der Waals surface area contributed by atoms with Gasteiger partial charge in [-0.3, -0.25) is 0 Å². The molecule has 0 atom stereocenters. The van der Waals surface area contributed by atoms with E-state index in [1.165, 1.54) is 19.2 Å². The number of carboxylic acid groups (broad SMARTS) is 1. The van der Waals surface area contributed by atoms with Crippen LogP contribution in [-0.4, -0.2) is 38.3 Å². The van der Waals surface area contributed by atoms with Crippen LogP contribution in [0.1, 0.15) is 18.9 Å². The van der Waals surface area contributed by atoms with E-state index in [0.29, 0.717) is 40.9 Å². The van der Waals surface area contributed by atoms with Gasteiger partial charge in [0.15, 0.2) is 11.6 Å². The van der Waals surface area contributed by atoms with Crippen molar-refractivity contribution >= 4 is 39.8 Å². The number of aromatic nitrogens is 3. The number of ether oxygens (including phenoxy) is 3. The first kappa shape index (κ1) is 23.6. The molecule has 0 saturated carbocycles. The highest BCUT2D eigenvalue weighted by molar-refractivity contribution is 7.00. The number of hydrogen-bond donors (Lipinski definition) is 1. The van der Waals surface area contributed by atoms with E-state index in [2.05, 4.69) is 8.75 Å². The van der Waals surface area contributed by atoms with Gasteiger partial charge in [-0.2, -0.15) is 8.75 Å². The molecule has 8 nitrogen and oxygen atoms in total. The Kier molecular flexibility index (Phi) is 6.43. The Balaban J connectivity index is 1.74. The van der Waals surface area contributed by atoms with E-state index in [1.54, 1.807) is 10.6 Å². The highest BCUT2D eigenvalue weighted by Crippen LogP contribution is 2.43. The molecule has 0 spiro atoms. The van der Waals surface area contributed by atoms with Crippen molar-refractivity contribution in [2.75, 3.05) is 13.7 Å². The fraction of sp³-hybridized carbons (Fsp3) is 0.192. The van der Waals surface area contributed by atoms with Crippen molar-refractivity contribution in [2.45, 2.75) is 19.9 Å². The first-order valence-corrected chi connectivity index (χ1v) is 12.0. The Morgan fingerprint density at radius 1 is 1.08 bits per heavy atom. The minimum atomic E-state index is -1.48. The molecule has 2 aromatic heterocycles. The molecule has 0 amide bonds. The molecular formula is C26H22FN3O5S. The van der Waals surface area contributed by atoms with Gasteiger partial charge in [-0.1, -0.05) is 19.1 Å². The molecule has 5 rings (SSSR count). The third-order valence-corrected chi connectivity index (χ3v) is 6.30. The first-order valence-electron chi connectivity index (χ1n) is 11.2. The lowest BCUT2D eigenvalue weighted by Crippen LogP contribution is -2.10.